The SMILES string of the molecule is c1ccc(-c2nc3c(ccc4cc(-c5ccc(N(c6ccc(-c7cccc8ccccc78)cc6)c6ccc7c8ccccc8n(-c8ccccc8)c7c6)cc5)ccc43)o2)cc1. The number of fused-ring (bicyclic) bond motifs is 7. The molecule has 286 valence electrons. The summed E-state index contributed by atoms with van der Waals surface area (Å²) in [5.41, 5.74) is 14.0. The number of benzene rings is 10. The molecule has 0 fully saturated rings. The average molecular weight is 780 g/mol. The highest BCUT2D eigenvalue weighted by molar-refractivity contribution is 6.10. The van der Waals surface area contributed by atoms with Gasteiger partial charge in [-0.05, 0) is 117 Å². The van der Waals surface area contributed by atoms with Crippen molar-refractivity contribution in [1.29, 1.82) is 0 Å². The summed E-state index contributed by atoms with van der Waals surface area (Å²) in [5, 5.41) is 7.14. The summed E-state index contributed by atoms with van der Waals surface area (Å²) in [6.07, 6.45) is 0. The highest BCUT2D eigenvalue weighted by Crippen LogP contribution is 2.42. The smallest absolute Gasteiger partial charge is 0.227 e. The average Bonchev–Trinajstić information content (AvgIpc) is 3.92. The minimum atomic E-state index is 0.635. The van der Waals surface area contributed by atoms with Gasteiger partial charge >= 0.3 is 0 Å². The van der Waals surface area contributed by atoms with Crippen LogP contribution in [0.2, 0.25) is 0 Å². The van der Waals surface area contributed by atoms with Gasteiger partial charge < -0.3 is 13.9 Å². The maximum absolute atomic E-state index is 6.18. The number of hydrogen-bond donors (Lipinski definition) is 0. The van der Waals surface area contributed by atoms with Gasteiger partial charge in [0.1, 0.15) is 5.52 Å². The normalized spacial score (nSPS) is 11.6. The first-order valence-electron chi connectivity index (χ1n) is 20.7. The van der Waals surface area contributed by atoms with E-state index in [0.29, 0.717) is 5.89 Å². The van der Waals surface area contributed by atoms with E-state index in [2.05, 4.69) is 198 Å². The van der Waals surface area contributed by atoms with Gasteiger partial charge in [0, 0.05) is 44.5 Å². The third-order valence-corrected chi connectivity index (χ3v) is 12.0. The Morgan fingerprint density at radius 1 is 0.377 bits per heavy atom. The quantitative estimate of drug-likeness (QED) is 0.162. The first-order valence-corrected chi connectivity index (χ1v) is 20.7. The predicted molar refractivity (Wildman–Crippen MR) is 254 cm³/mol. The molecule has 4 nitrogen and oxygen atoms in total. The number of nitrogens with zero attached hydrogens (tertiary/aromatic N) is 3. The first-order chi connectivity index (χ1) is 30.2. The van der Waals surface area contributed by atoms with E-state index >= 15 is 0 Å². The van der Waals surface area contributed by atoms with E-state index in [9.17, 15) is 0 Å². The Morgan fingerprint density at radius 2 is 1.00 bits per heavy atom. The molecule has 0 aliphatic rings. The lowest BCUT2D eigenvalue weighted by Gasteiger charge is -2.26. The summed E-state index contributed by atoms with van der Waals surface area (Å²) in [4.78, 5) is 7.29. The summed E-state index contributed by atoms with van der Waals surface area (Å²) in [6, 6.07) is 80.2. The Balaban J connectivity index is 0.966. The standard InChI is InChI=1S/C57H37N3O/c1-3-13-41(14-4-1)57-58-56-50-33-26-42(36-43(50)27-35-55(56)61-57)38-22-28-45(29-23-38)59(46-30-24-40(25-31-46)49-20-11-15-39-12-7-8-18-48(39)49)47-32-34-52-51-19-9-10-21-53(51)60(54(52)37-47)44-16-5-2-6-17-44/h1-37H. The summed E-state index contributed by atoms with van der Waals surface area (Å²) < 4.78 is 8.57. The van der Waals surface area contributed by atoms with Gasteiger partial charge in [0.05, 0.1) is 11.0 Å². The summed E-state index contributed by atoms with van der Waals surface area (Å²) >= 11 is 0. The van der Waals surface area contributed by atoms with Crippen LogP contribution in [0.3, 0.4) is 0 Å². The van der Waals surface area contributed by atoms with Crippen LogP contribution < -0.4 is 4.90 Å². The van der Waals surface area contributed by atoms with Gasteiger partial charge in [0.15, 0.2) is 5.58 Å². The van der Waals surface area contributed by atoms with Crippen LogP contribution in [0.25, 0.3) is 93.8 Å². The van der Waals surface area contributed by atoms with Crippen LogP contribution >= 0.6 is 0 Å². The minimum Gasteiger partial charge on any atom is -0.436 e. The fourth-order valence-electron chi connectivity index (χ4n) is 9.07. The number of hydrogen-bond acceptors (Lipinski definition) is 3. The Morgan fingerprint density at radius 3 is 1.80 bits per heavy atom. The first kappa shape index (κ1) is 34.8. The maximum atomic E-state index is 6.18. The third kappa shape index (κ3) is 5.96. The fourth-order valence-corrected chi connectivity index (χ4v) is 9.07. The van der Waals surface area contributed by atoms with Crippen molar-refractivity contribution in [3.8, 4) is 39.4 Å². The van der Waals surface area contributed by atoms with Crippen LogP contribution in [0.1, 0.15) is 0 Å². The zero-order valence-corrected chi connectivity index (χ0v) is 33.1. The number of rotatable bonds is 7. The second-order valence-electron chi connectivity index (χ2n) is 15.6. The molecular weight excluding hydrogens is 743 g/mol. The van der Waals surface area contributed by atoms with Crippen molar-refractivity contribution in [1.82, 2.24) is 9.55 Å². The van der Waals surface area contributed by atoms with Crippen LogP contribution in [-0.2, 0) is 0 Å². The molecule has 0 aliphatic carbocycles. The second-order valence-corrected chi connectivity index (χ2v) is 15.6. The van der Waals surface area contributed by atoms with Gasteiger partial charge in [-0.3, -0.25) is 0 Å². The third-order valence-electron chi connectivity index (χ3n) is 12.0. The van der Waals surface area contributed by atoms with Gasteiger partial charge in [-0.15, -0.1) is 0 Å². The molecule has 2 aromatic heterocycles. The highest BCUT2D eigenvalue weighted by atomic mass is 16.3. The van der Waals surface area contributed by atoms with Crippen molar-refractivity contribution in [2.75, 3.05) is 4.90 Å². The number of aromatic nitrogens is 2. The van der Waals surface area contributed by atoms with E-state index in [0.717, 1.165) is 66.8 Å². The van der Waals surface area contributed by atoms with Gasteiger partial charge in [0.2, 0.25) is 5.89 Å². The molecule has 2 heterocycles. The van der Waals surface area contributed by atoms with Crippen LogP contribution in [-0.4, -0.2) is 9.55 Å². The van der Waals surface area contributed by atoms with E-state index < -0.39 is 0 Å². The van der Waals surface area contributed by atoms with Gasteiger partial charge in [-0.2, -0.15) is 0 Å². The van der Waals surface area contributed by atoms with Crippen LogP contribution in [0, 0.1) is 0 Å². The highest BCUT2D eigenvalue weighted by Gasteiger charge is 2.19. The molecule has 10 aromatic carbocycles. The molecule has 4 heteroatoms. The molecule has 0 unspecified atom stereocenters. The molecule has 0 saturated heterocycles. The van der Waals surface area contributed by atoms with Crippen molar-refractivity contribution in [2.24, 2.45) is 0 Å². The minimum absolute atomic E-state index is 0.635. The maximum Gasteiger partial charge on any atom is 0.227 e. The molecule has 12 aromatic rings. The number of anilines is 3. The molecule has 0 saturated carbocycles. The molecule has 0 N–H and O–H groups in total. The van der Waals surface area contributed by atoms with Gasteiger partial charge in [-0.1, -0.05) is 146 Å². The Kier molecular flexibility index (Phi) is 8.13. The molecule has 0 aliphatic heterocycles. The molecule has 0 bridgehead atoms. The predicted octanol–water partition coefficient (Wildman–Crippen LogP) is 15.7. The lowest BCUT2D eigenvalue weighted by molar-refractivity contribution is 0.620. The summed E-state index contributed by atoms with van der Waals surface area (Å²) in [5.74, 6) is 0.635. The zero-order valence-electron chi connectivity index (χ0n) is 33.1. The van der Waals surface area contributed by atoms with Crippen molar-refractivity contribution in [2.45, 2.75) is 0 Å². The van der Waals surface area contributed by atoms with Gasteiger partial charge in [-0.25, -0.2) is 4.98 Å². The Labute approximate surface area is 352 Å². The molecular formula is C57H37N3O. The van der Waals surface area contributed by atoms with E-state index in [4.69, 9.17) is 9.40 Å². The largest absolute Gasteiger partial charge is 0.436 e. The van der Waals surface area contributed by atoms with Crippen molar-refractivity contribution < 1.29 is 4.42 Å². The number of oxazole rings is 1. The van der Waals surface area contributed by atoms with E-state index in [1.165, 1.54) is 38.2 Å². The van der Waals surface area contributed by atoms with Crippen LogP contribution in [0.4, 0.5) is 17.1 Å². The number of para-hydroxylation sites is 2. The van der Waals surface area contributed by atoms with Gasteiger partial charge in [0.25, 0.3) is 0 Å². The lowest BCUT2D eigenvalue weighted by Crippen LogP contribution is -2.10. The summed E-state index contributed by atoms with van der Waals surface area (Å²) in [7, 11) is 0. The van der Waals surface area contributed by atoms with Crippen LogP contribution in [0.15, 0.2) is 229 Å². The van der Waals surface area contributed by atoms with E-state index in [-0.39, 0.29) is 0 Å². The molecule has 12 rings (SSSR count). The van der Waals surface area contributed by atoms with Crippen molar-refractivity contribution in [3.05, 3.63) is 224 Å². The fraction of sp³-hybridized carbons (Fsp3) is 0. The summed E-state index contributed by atoms with van der Waals surface area (Å²) in [6.45, 7) is 0. The van der Waals surface area contributed by atoms with Crippen molar-refractivity contribution >= 4 is 71.5 Å². The zero-order chi connectivity index (χ0) is 40.3. The molecule has 61 heavy (non-hydrogen) atoms. The molecule has 0 radical (unpaired) electrons. The Bertz CT molecular complexity index is 3560. The lowest BCUT2D eigenvalue weighted by atomic mass is 9.98. The molecule has 0 atom stereocenters. The van der Waals surface area contributed by atoms with E-state index in [1.807, 2.05) is 36.4 Å². The molecule has 0 spiro atoms. The molecule has 0 amide bonds. The van der Waals surface area contributed by atoms with E-state index in [1.54, 1.807) is 0 Å². The monoisotopic (exact) mass is 779 g/mol. The van der Waals surface area contributed by atoms with Crippen LogP contribution in [0.5, 0.6) is 0 Å². The second kappa shape index (κ2) is 14.3. The Hall–Kier alpha value is -8.21. The topological polar surface area (TPSA) is 34.2 Å². The van der Waals surface area contributed by atoms with Crippen molar-refractivity contribution in [3.63, 3.8) is 0 Å².